The van der Waals surface area contributed by atoms with Gasteiger partial charge in [0.25, 0.3) is 0 Å². The lowest BCUT2D eigenvalue weighted by Gasteiger charge is -2.15. The van der Waals surface area contributed by atoms with Crippen LogP contribution in [0.5, 0.6) is 0 Å². The van der Waals surface area contributed by atoms with E-state index in [0.717, 1.165) is 6.07 Å². The monoisotopic (exact) mass is 276 g/mol. The summed E-state index contributed by atoms with van der Waals surface area (Å²) >= 11 is 0. The van der Waals surface area contributed by atoms with Crippen LogP contribution in [0.1, 0.15) is 24.8 Å². The van der Waals surface area contributed by atoms with Gasteiger partial charge in [0.1, 0.15) is 11.9 Å². The number of hydrogen-bond acceptors (Lipinski definition) is 3. The molecule has 0 saturated heterocycles. The second-order valence-electron chi connectivity index (χ2n) is 4.78. The number of nitrogens with zero attached hydrogens (tertiary/aromatic N) is 1. The molecule has 0 spiro atoms. The summed E-state index contributed by atoms with van der Waals surface area (Å²) in [5, 5.41) is 20.3. The molecule has 1 saturated carbocycles. The molecule has 6 heteroatoms. The van der Waals surface area contributed by atoms with Gasteiger partial charge in [-0.2, -0.15) is 5.26 Å². The molecule has 1 aromatic rings. The largest absolute Gasteiger partial charge is 0.481 e. The highest BCUT2D eigenvalue weighted by Crippen LogP contribution is 2.33. The van der Waals surface area contributed by atoms with E-state index in [2.05, 4.69) is 5.32 Å². The fraction of sp³-hybridized carbons (Fsp3) is 0.357. The van der Waals surface area contributed by atoms with Crippen LogP contribution in [0, 0.1) is 29.0 Å². The van der Waals surface area contributed by atoms with Gasteiger partial charge in [0.15, 0.2) is 0 Å². The second-order valence-corrected chi connectivity index (χ2v) is 4.78. The first-order chi connectivity index (χ1) is 9.52. The fourth-order valence-corrected chi connectivity index (χ4v) is 2.49. The maximum absolute atomic E-state index is 13.2. The van der Waals surface area contributed by atoms with E-state index in [4.69, 9.17) is 10.4 Å². The number of nitriles is 1. The summed E-state index contributed by atoms with van der Waals surface area (Å²) < 4.78 is 13.2. The van der Waals surface area contributed by atoms with Crippen LogP contribution in [0.2, 0.25) is 0 Å². The minimum absolute atomic E-state index is 0.163. The van der Waals surface area contributed by atoms with Crippen LogP contribution in [-0.2, 0) is 9.59 Å². The van der Waals surface area contributed by atoms with Crippen LogP contribution >= 0.6 is 0 Å². The number of hydrogen-bond donors (Lipinski definition) is 2. The zero-order valence-electron chi connectivity index (χ0n) is 10.6. The van der Waals surface area contributed by atoms with Crippen molar-refractivity contribution in [2.75, 3.05) is 5.32 Å². The molecule has 0 heterocycles. The Hall–Kier alpha value is -2.42. The van der Waals surface area contributed by atoms with E-state index in [0.29, 0.717) is 24.9 Å². The van der Waals surface area contributed by atoms with Gasteiger partial charge in [-0.3, -0.25) is 9.59 Å². The summed E-state index contributed by atoms with van der Waals surface area (Å²) in [5.41, 5.74) is 0.132. The normalized spacial score (nSPS) is 21.2. The van der Waals surface area contributed by atoms with Crippen LogP contribution in [0.3, 0.4) is 0 Å². The summed E-state index contributed by atoms with van der Waals surface area (Å²) in [4.78, 5) is 23.1. The number of anilines is 1. The number of amides is 1. The van der Waals surface area contributed by atoms with E-state index in [9.17, 15) is 14.0 Å². The third-order valence-electron chi connectivity index (χ3n) is 3.52. The Balaban J connectivity index is 2.12. The molecule has 2 rings (SSSR count). The number of carbonyl (C=O) groups excluding carboxylic acids is 1. The average molecular weight is 276 g/mol. The predicted molar refractivity (Wildman–Crippen MR) is 68.2 cm³/mol. The molecule has 0 radical (unpaired) electrons. The molecule has 1 aromatic carbocycles. The molecular weight excluding hydrogens is 263 g/mol. The standard InChI is InChI=1S/C14H13FN2O3/c15-12-5-4-9(6-8(12)7-16)17-13(18)10-2-1-3-11(10)14(19)20/h4-6,10-11H,1-3H2,(H,17,18)(H,19,20). The van der Waals surface area contributed by atoms with Gasteiger partial charge in [0.05, 0.1) is 17.4 Å². The van der Waals surface area contributed by atoms with E-state index in [1.807, 2.05) is 0 Å². The van der Waals surface area contributed by atoms with Gasteiger partial charge in [0.2, 0.25) is 5.91 Å². The Morgan fingerprint density at radius 2 is 2.05 bits per heavy atom. The molecule has 1 aliphatic rings. The highest BCUT2D eigenvalue weighted by atomic mass is 19.1. The molecule has 1 amide bonds. The van der Waals surface area contributed by atoms with E-state index >= 15 is 0 Å². The molecule has 2 atom stereocenters. The summed E-state index contributed by atoms with van der Waals surface area (Å²) in [6, 6.07) is 5.36. The van der Waals surface area contributed by atoms with Gasteiger partial charge in [-0.05, 0) is 31.0 Å². The first-order valence-electron chi connectivity index (χ1n) is 6.26. The number of carboxylic acid groups (broad SMARTS) is 1. The van der Waals surface area contributed by atoms with Crippen molar-refractivity contribution in [2.24, 2.45) is 11.8 Å². The number of carbonyl (C=O) groups is 2. The number of aliphatic carboxylic acids is 1. The van der Waals surface area contributed by atoms with Crippen molar-refractivity contribution in [1.82, 2.24) is 0 Å². The van der Waals surface area contributed by atoms with E-state index in [1.165, 1.54) is 12.1 Å². The maximum Gasteiger partial charge on any atom is 0.307 e. The summed E-state index contributed by atoms with van der Waals surface area (Å²) in [7, 11) is 0. The van der Waals surface area contributed by atoms with Crippen LogP contribution in [0.15, 0.2) is 18.2 Å². The van der Waals surface area contributed by atoms with Crippen molar-refractivity contribution in [1.29, 1.82) is 5.26 Å². The first-order valence-corrected chi connectivity index (χ1v) is 6.26. The molecule has 0 aromatic heterocycles. The Morgan fingerprint density at radius 1 is 1.35 bits per heavy atom. The molecule has 1 fully saturated rings. The van der Waals surface area contributed by atoms with Crippen LogP contribution < -0.4 is 5.32 Å². The fourth-order valence-electron chi connectivity index (χ4n) is 2.49. The number of halogens is 1. The number of benzene rings is 1. The average Bonchev–Trinajstić information content (AvgIpc) is 2.90. The van der Waals surface area contributed by atoms with Gasteiger partial charge < -0.3 is 10.4 Å². The van der Waals surface area contributed by atoms with Crippen molar-refractivity contribution in [3.8, 4) is 6.07 Å². The smallest absolute Gasteiger partial charge is 0.307 e. The van der Waals surface area contributed by atoms with Crippen LogP contribution in [-0.4, -0.2) is 17.0 Å². The third kappa shape index (κ3) is 2.77. The molecule has 5 nitrogen and oxygen atoms in total. The van der Waals surface area contributed by atoms with E-state index in [1.54, 1.807) is 6.07 Å². The summed E-state index contributed by atoms with van der Waals surface area (Å²) in [6.45, 7) is 0. The zero-order chi connectivity index (χ0) is 14.7. The van der Waals surface area contributed by atoms with Crippen LogP contribution in [0.4, 0.5) is 10.1 Å². The van der Waals surface area contributed by atoms with Gasteiger partial charge in [0, 0.05) is 5.69 Å². The molecule has 0 aliphatic heterocycles. The highest BCUT2D eigenvalue weighted by molar-refractivity contribution is 5.95. The molecular formula is C14H13FN2O3. The van der Waals surface area contributed by atoms with E-state index < -0.39 is 29.5 Å². The number of carboxylic acids is 1. The van der Waals surface area contributed by atoms with Gasteiger partial charge in [-0.25, -0.2) is 4.39 Å². The van der Waals surface area contributed by atoms with Gasteiger partial charge >= 0.3 is 5.97 Å². The highest BCUT2D eigenvalue weighted by Gasteiger charge is 2.37. The van der Waals surface area contributed by atoms with Gasteiger partial charge in [-0.1, -0.05) is 6.42 Å². The molecule has 20 heavy (non-hydrogen) atoms. The Morgan fingerprint density at radius 3 is 2.70 bits per heavy atom. The SMILES string of the molecule is N#Cc1cc(NC(=O)C2CCCC2C(=O)O)ccc1F. The predicted octanol–water partition coefficient (Wildman–Crippen LogP) is 2.14. The molecule has 1 aliphatic carbocycles. The lowest BCUT2D eigenvalue weighted by molar-refractivity contribution is -0.145. The zero-order valence-corrected chi connectivity index (χ0v) is 10.6. The lowest BCUT2D eigenvalue weighted by Crippen LogP contribution is -2.30. The van der Waals surface area contributed by atoms with Crippen molar-refractivity contribution in [3.05, 3.63) is 29.6 Å². The van der Waals surface area contributed by atoms with Crippen molar-refractivity contribution in [3.63, 3.8) is 0 Å². The minimum atomic E-state index is -0.973. The Kier molecular flexibility index (Phi) is 3.99. The first kappa shape index (κ1) is 14.0. The Bertz CT molecular complexity index is 595. The lowest BCUT2D eigenvalue weighted by atomic mass is 9.95. The molecule has 0 bridgehead atoms. The second kappa shape index (κ2) is 5.70. The van der Waals surface area contributed by atoms with Crippen LogP contribution in [0.25, 0.3) is 0 Å². The molecule has 104 valence electrons. The number of nitrogens with one attached hydrogen (secondary N) is 1. The Labute approximate surface area is 115 Å². The summed E-state index contributed by atoms with van der Waals surface area (Å²) in [6.07, 6.45) is 1.71. The van der Waals surface area contributed by atoms with Crippen molar-refractivity contribution in [2.45, 2.75) is 19.3 Å². The summed E-state index contributed by atoms with van der Waals surface area (Å²) in [5.74, 6) is -3.28. The van der Waals surface area contributed by atoms with E-state index in [-0.39, 0.29) is 5.56 Å². The maximum atomic E-state index is 13.2. The third-order valence-corrected chi connectivity index (χ3v) is 3.52. The molecule has 2 unspecified atom stereocenters. The number of rotatable bonds is 3. The van der Waals surface area contributed by atoms with Gasteiger partial charge in [-0.15, -0.1) is 0 Å². The van der Waals surface area contributed by atoms with Crippen molar-refractivity contribution >= 4 is 17.6 Å². The quantitative estimate of drug-likeness (QED) is 0.884. The topological polar surface area (TPSA) is 90.2 Å². The minimum Gasteiger partial charge on any atom is -0.481 e. The van der Waals surface area contributed by atoms with Crippen molar-refractivity contribution < 1.29 is 19.1 Å². The molecule has 2 N–H and O–H groups in total.